The zero-order valence-electron chi connectivity index (χ0n) is 17.6. The van der Waals surface area contributed by atoms with E-state index in [4.69, 9.17) is 4.74 Å². The lowest BCUT2D eigenvalue weighted by Crippen LogP contribution is -2.54. The fraction of sp³-hybridized carbons (Fsp3) is 0.435. The Bertz CT molecular complexity index is 961. The predicted molar refractivity (Wildman–Crippen MR) is 118 cm³/mol. The number of ether oxygens (including phenoxy) is 1. The van der Waals surface area contributed by atoms with Crippen LogP contribution < -0.4 is 4.74 Å². The van der Waals surface area contributed by atoms with Gasteiger partial charge in [0.15, 0.2) is 0 Å². The highest BCUT2D eigenvalue weighted by Gasteiger charge is 2.41. The van der Waals surface area contributed by atoms with E-state index in [1.165, 1.54) is 4.31 Å². The number of para-hydroxylation sites is 1. The van der Waals surface area contributed by atoms with Crippen LogP contribution in [0.25, 0.3) is 0 Å². The summed E-state index contributed by atoms with van der Waals surface area (Å²) in [6.07, 6.45) is 1.29. The second kappa shape index (κ2) is 9.80. The fourth-order valence-electron chi connectivity index (χ4n) is 4.21. The van der Waals surface area contributed by atoms with Crippen molar-refractivity contribution in [2.24, 2.45) is 0 Å². The average molecular weight is 444 g/mol. The van der Waals surface area contributed by atoms with Crippen LogP contribution in [0.15, 0.2) is 65.6 Å². The molecule has 1 unspecified atom stereocenters. The van der Waals surface area contributed by atoms with Gasteiger partial charge in [0.2, 0.25) is 15.9 Å². The Balaban J connectivity index is 1.30. The Morgan fingerprint density at radius 1 is 0.903 bits per heavy atom. The van der Waals surface area contributed by atoms with Crippen LogP contribution >= 0.6 is 0 Å². The molecule has 166 valence electrons. The Morgan fingerprint density at radius 2 is 1.55 bits per heavy atom. The monoisotopic (exact) mass is 443 g/mol. The molecule has 8 heteroatoms. The molecule has 0 saturated carbocycles. The van der Waals surface area contributed by atoms with Gasteiger partial charge in [0, 0.05) is 39.3 Å². The number of amides is 1. The molecule has 0 N–H and O–H groups in total. The lowest BCUT2D eigenvalue weighted by Gasteiger charge is -2.37. The van der Waals surface area contributed by atoms with Gasteiger partial charge in [0.1, 0.15) is 18.4 Å². The van der Waals surface area contributed by atoms with Crippen molar-refractivity contribution in [2.75, 3.05) is 45.9 Å². The number of rotatable bonds is 7. The molecular formula is C23H29N3O4S. The molecule has 7 nitrogen and oxygen atoms in total. The van der Waals surface area contributed by atoms with Crippen molar-refractivity contribution in [1.82, 2.24) is 14.1 Å². The van der Waals surface area contributed by atoms with E-state index in [1.54, 1.807) is 30.3 Å². The van der Waals surface area contributed by atoms with E-state index in [-0.39, 0.29) is 10.8 Å². The molecule has 0 aliphatic carbocycles. The van der Waals surface area contributed by atoms with Gasteiger partial charge in [-0.25, -0.2) is 8.42 Å². The molecule has 2 fully saturated rings. The van der Waals surface area contributed by atoms with Gasteiger partial charge in [-0.05, 0) is 37.1 Å². The third kappa shape index (κ3) is 5.08. The quantitative estimate of drug-likeness (QED) is 0.655. The number of carbonyl (C=O) groups is 1. The molecule has 1 amide bonds. The zero-order valence-corrected chi connectivity index (χ0v) is 18.4. The molecule has 2 aliphatic rings. The lowest BCUT2D eigenvalue weighted by atomic mass is 10.2. The normalized spacial score (nSPS) is 20.6. The minimum Gasteiger partial charge on any atom is -0.492 e. The summed E-state index contributed by atoms with van der Waals surface area (Å²) in [5, 5.41) is 0. The van der Waals surface area contributed by atoms with Crippen molar-refractivity contribution < 1.29 is 17.9 Å². The second-order valence-electron chi connectivity index (χ2n) is 7.92. The summed E-state index contributed by atoms with van der Waals surface area (Å²) in [6, 6.07) is 17.5. The van der Waals surface area contributed by atoms with Gasteiger partial charge in [-0.2, -0.15) is 4.31 Å². The highest BCUT2D eigenvalue weighted by molar-refractivity contribution is 7.89. The Hall–Kier alpha value is -2.42. The molecule has 2 aromatic carbocycles. The lowest BCUT2D eigenvalue weighted by molar-refractivity contribution is -0.136. The number of benzene rings is 2. The molecule has 2 aliphatic heterocycles. The number of nitrogens with zero attached hydrogens (tertiary/aromatic N) is 3. The maximum atomic E-state index is 13.2. The maximum absolute atomic E-state index is 13.2. The van der Waals surface area contributed by atoms with E-state index in [2.05, 4.69) is 4.90 Å². The van der Waals surface area contributed by atoms with E-state index in [9.17, 15) is 13.2 Å². The standard InChI is InChI=1S/C23H29N3O4S/c27-23(22-12-7-13-26(22)31(28,29)21-10-5-2-6-11-21)25-16-14-24(15-17-25)18-19-30-20-8-3-1-4-9-20/h1-6,8-11,22H,7,12-19H2. The van der Waals surface area contributed by atoms with E-state index < -0.39 is 16.1 Å². The SMILES string of the molecule is O=C(C1CCCN1S(=O)(=O)c1ccccc1)N1CCN(CCOc2ccccc2)CC1. The molecule has 0 bridgehead atoms. The summed E-state index contributed by atoms with van der Waals surface area (Å²) in [5.41, 5.74) is 0. The van der Waals surface area contributed by atoms with Crippen molar-refractivity contribution in [2.45, 2.75) is 23.8 Å². The molecule has 0 aromatic heterocycles. The largest absolute Gasteiger partial charge is 0.492 e. The van der Waals surface area contributed by atoms with Gasteiger partial charge in [-0.3, -0.25) is 9.69 Å². The first kappa shape index (κ1) is 21.8. The number of hydrogen-bond donors (Lipinski definition) is 0. The van der Waals surface area contributed by atoms with Gasteiger partial charge in [-0.15, -0.1) is 0 Å². The van der Waals surface area contributed by atoms with Gasteiger partial charge in [0.25, 0.3) is 0 Å². The highest BCUT2D eigenvalue weighted by Crippen LogP contribution is 2.27. The third-order valence-electron chi connectivity index (χ3n) is 5.94. The Morgan fingerprint density at radius 3 is 2.23 bits per heavy atom. The Kier molecular flexibility index (Phi) is 6.89. The van der Waals surface area contributed by atoms with Crippen LogP contribution in [0.3, 0.4) is 0 Å². The van der Waals surface area contributed by atoms with Crippen LogP contribution in [0.2, 0.25) is 0 Å². The number of piperazine rings is 1. The fourth-order valence-corrected chi connectivity index (χ4v) is 5.89. The van der Waals surface area contributed by atoms with Crippen LogP contribution in [-0.4, -0.2) is 80.3 Å². The summed E-state index contributed by atoms with van der Waals surface area (Å²) in [7, 11) is -3.66. The number of hydrogen-bond acceptors (Lipinski definition) is 5. The summed E-state index contributed by atoms with van der Waals surface area (Å²) < 4.78 is 33.3. The van der Waals surface area contributed by atoms with E-state index in [0.717, 1.165) is 25.4 Å². The predicted octanol–water partition coefficient (Wildman–Crippen LogP) is 2.06. The molecule has 0 radical (unpaired) electrons. The molecule has 4 rings (SSSR count). The minimum atomic E-state index is -3.66. The zero-order chi connectivity index (χ0) is 21.7. The summed E-state index contributed by atoms with van der Waals surface area (Å²) >= 11 is 0. The number of carbonyl (C=O) groups excluding carboxylic acids is 1. The van der Waals surface area contributed by atoms with Crippen LogP contribution in [-0.2, 0) is 14.8 Å². The van der Waals surface area contributed by atoms with Crippen LogP contribution in [0, 0.1) is 0 Å². The van der Waals surface area contributed by atoms with Crippen molar-refractivity contribution >= 4 is 15.9 Å². The minimum absolute atomic E-state index is 0.0720. The summed E-state index contributed by atoms with van der Waals surface area (Å²) in [5.74, 6) is 0.787. The van der Waals surface area contributed by atoms with Crippen LogP contribution in [0.4, 0.5) is 0 Å². The van der Waals surface area contributed by atoms with Gasteiger partial charge >= 0.3 is 0 Å². The first-order chi connectivity index (χ1) is 15.1. The first-order valence-corrected chi connectivity index (χ1v) is 12.3. The van der Waals surface area contributed by atoms with E-state index in [0.29, 0.717) is 39.1 Å². The molecular weight excluding hydrogens is 414 g/mol. The molecule has 2 heterocycles. The van der Waals surface area contributed by atoms with E-state index in [1.807, 2.05) is 35.2 Å². The molecule has 2 aromatic rings. The number of sulfonamides is 1. The molecule has 0 spiro atoms. The van der Waals surface area contributed by atoms with Crippen molar-refractivity contribution in [3.05, 3.63) is 60.7 Å². The van der Waals surface area contributed by atoms with E-state index >= 15 is 0 Å². The smallest absolute Gasteiger partial charge is 0.243 e. The van der Waals surface area contributed by atoms with Crippen molar-refractivity contribution in [1.29, 1.82) is 0 Å². The van der Waals surface area contributed by atoms with Gasteiger partial charge in [-0.1, -0.05) is 36.4 Å². The average Bonchev–Trinajstić information content (AvgIpc) is 3.31. The van der Waals surface area contributed by atoms with Gasteiger partial charge < -0.3 is 9.64 Å². The van der Waals surface area contributed by atoms with Crippen molar-refractivity contribution in [3.8, 4) is 5.75 Å². The molecule has 2 saturated heterocycles. The topological polar surface area (TPSA) is 70.2 Å². The van der Waals surface area contributed by atoms with Crippen LogP contribution in [0.1, 0.15) is 12.8 Å². The second-order valence-corrected chi connectivity index (χ2v) is 9.81. The highest BCUT2D eigenvalue weighted by atomic mass is 32.2. The van der Waals surface area contributed by atoms with Gasteiger partial charge in [0.05, 0.1) is 4.90 Å². The molecule has 1 atom stereocenters. The van der Waals surface area contributed by atoms with Crippen molar-refractivity contribution in [3.63, 3.8) is 0 Å². The maximum Gasteiger partial charge on any atom is 0.243 e. The first-order valence-electron chi connectivity index (χ1n) is 10.8. The summed E-state index contributed by atoms with van der Waals surface area (Å²) in [6.45, 7) is 4.55. The Labute approximate surface area is 184 Å². The van der Waals surface area contributed by atoms with Crippen LogP contribution in [0.5, 0.6) is 5.75 Å². The third-order valence-corrected chi connectivity index (χ3v) is 7.86. The molecule has 31 heavy (non-hydrogen) atoms. The summed E-state index contributed by atoms with van der Waals surface area (Å²) in [4.78, 5) is 17.5.